The van der Waals surface area contributed by atoms with Crippen molar-refractivity contribution >= 4 is 17.9 Å². The van der Waals surface area contributed by atoms with Crippen LogP contribution in [0.2, 0.25) is 0 Å². The Kier molecular flexibility index (Phi) is 54.0. The Morgan fingerprint density at radius 3 is 1.09 bits per heavy atom. The first-order valence-corrected chi connectivity index (χ1v) is 28.6. The predicted octanol–water partition coefficient (Wildman–Crippen LogP) is 19.3. The number of hydrogen-bond acceptors (Lipinski definition) is 6. The first-order valence-electron chi connectivity index (χ1n) is 28.6. The summed E-state index contributed by atoms with van der Waals surface area (Å²) >= 11 is 0. The second-order valence-corrected chi connectivity index (χ2v) is 18.5. The van der Waals surface area contributed by atoms with Crippen LogP contribution in [-0.2, 0) is 28.6 Å². The molecule has 0 spiro atoms. The molecule has 0 aromatic heterocycles. The molecular weight excluding hydrogens is 865 g/mol. The van der Waals surface area contributed by atoms with Crippen molar-refractivity contribution in [1.82, 2.24) is 0 Å². The highest BCUT2D eigenvalue weighted by atomic mass is 16.6. The second kappa shape index (κ2) is 57.4. The van der Waals surface area contributed by atoms with Crippen molar-refractivity contribution in [2.24, 2.45) is 0 Å². The van der Waals surface area contributed by atoms with E-state index in [0.29, 0.717) is 12.8 Å². The lowest BCUT2D eigenvalue weighted by molar-refractivity contribution is -0.166. The highest BCUT2D eigenvalue weighted by Crippen LogP contribution is 2.13. The van der Waals surface area contributed by atoms with E-state index in [1.165, 1.54) is 96.3 Å². The number of rotatable bonds is 50. The quantitative estimate of drug-likeness (QED) is 0.0199. The van der Waals surface area contributed by atoms with Crippen LogP contribution in [-0.4, -0.2) is 37.2 Å². The molecule has 6 heteroatoms. The van der Waals surface area contributed by atoms with Gasteiger partial charge in [0.2, 0.25) is 0 Å². The van der Waals surface area contributed by atoms with Crippen LogP contribution >= 0.6 is 0 Å². The molecule has 0 amide bonds. The number of esters is 3. The zero-order valence-electron chi connectivity index (χ0n) is 45.2. The SMILES string of the molecule is CC/C=C\C/C=C\C/C=C\C/C=C\C/C=C\C/C=C\CCC(=O)OCC(COC(=O)CCCCCCCCC/C=C\CCCCCC)OC(=O)CCCCCCC\C=C/C=C\C=C/CCCCCCC. The summed E-state index contributed by atoms with van der Waals surface area (Å²) < 4.78 is 16.8. The van der Waals surface area contributed by atoms with Gasteiger partial charge in [0, 0.05) is 19.3 Å². The molecule has 0 aromatic carbocycles. The van der Waals surface area contributed by atoms with Crippen molar-refractivity contribution in [2.75, 3.05) is 13.2 Å². The molecule has 0 fully saturated rings. The summed E-state index contributed by atoms with van der Waals surface area (Å²) in [6.07, 6.45) is 79.1. The minimum atomic E-state index is -0.825. The maximum absolute atomic E-state index is 12.9. The lowest BCUT2D eigenvalue weighted by atomic mass is 10.1. The molecule has 1 unspecified atom stereocenters. The molecule has 0 saturated heterocycles. The molecule has 0 rings (SSSR count). The Bertz CT molecular complexity index is 1490. The predicted molar refractivity (Wildman–Crippen MR) is 302 cm³/mol. The molecule has 0 N–H and O–H groups in total. The Morgan fingerprint density at radius 2 is 0.643 bits per heavy atom. The molecule has 0 saturated carbocycles. The average Bonchev–Trinajstić information content (AvgIpc) is 3.36. The van der Waals surface area contributed by atoms with Crippen LogP contribution in [0.5, 0.6) is 0 Å². The van der Waals surface area contributed by atoms with Gasteiger partial charge in [-0.05, 0) is 109 Å². The number of hydrogen-bond donors (Lipinski definition) is 0. The minimum absolute atomic E-state index is 0.115. The molecular formula is C64H104O6. The van der Waals surface area contributed by atoms with Crippen molar-refractivity contribution in [1.29, 1.82) is 0 Å². The second-order valence-electron chi connectivity index (χ2n) is 18.5. The van der Waals surface area contributed by atoms with E-state index in [9.17, 15) is 14.4 Å². The highest BCUT2D eigenvalue weighted by Gasteiger charge is 2.19. The smallest absolute Gasteiger partial charge is 0.306 e. The van der Waals surface area contributed by atoms with Gasteiger partial charge in [-0.3, -0.25) is 14.4 Å². The summed E-state index contributed by atoms with van der Waals surface area (Å²) in [5.74, 6) is -1.03. The molecule has 0 aliphatic rings. The molecule has 0 aliphatic heterocycles. The van der Waals surface area contributed by atoms with E-state index in [1.807, 2.05) is 6.08 Å². The summed E-state index contributed by atoms with van der Waals surface area (Å²) in [4.78, 5) is 38.1. The molecule has 396 valence electrons. The molecule has 70 heavy (non-hydrogen) atoms. The van der Waals surface area contributed by atoms with Crippen LogP contribution < -0.4 is 0 Å². The molecule has 0 radical (unpaired) electrons. The van der Waals surface area contributed by atoms with Crippen molar-refractivity contribution in [2.45, 2.75) is 252 Å². The summed E-state index contributed by atoms with van der Waals surface area (Å²) in [7, 11) is 0. The third kappa shape index (κ3) is 54.7. The van der Waals surface area contributed by atoms with Crippen LogP contribution in [0.15, 0.2) is 122 Å². The zero-order valence-corrected chi connectivity index (χ0v) is 45.2. The Balaban J connectivity index is 4.57. The lowest BCUT2D eigenvalue weighted by Gasteiger charge is -2.18. The van der Waals surface area contributed by atoms with Gasteiger partial charge in [-0.2, -0.15) is 0 Å². The number of carbonyl (C=O) groups is 3. The molecule has 6 nitrogen and oxygen atoms in total. The van der Waals surface area contributed by atoms with Crippen molar-refractivity contribution in [3.63, 3.8) is 0 Å². The third-order valence-corrected chi connectivity index (χ3v) is 11.7. The molecule has 0 bridgehead atoms. The van der Waals surface area contributed by atoms with Gasteiger partial charge >= 0.3 is 17.9 Å². The van der Waals surface area contributed by atoms with Crippen molar-refractivity contribution in [3.05, 3.63) is 122 Å². The van der Waals surface area contributed by atoms with Crippen molar-refractivity contribution in [3.8, 4) is 0 Å². The number of ether oxygens (including phenoxy) is 3. The first-order chi connectivity index (χ1) is 34.5. The van der Waals surface area contributed by atoms with Gasteiger partial charge in [0.25, 0.3) is 0 Å². The molecule has 1 atom stereocenters. The largest absolute Gasteiger partial charge is 0.462 e. The summed E-state index contributed by atoms with van der Waals surface area (Å²) in [6, 6.07) is 0. The van der Waals surface area contributed by atoms with Gasteiger partial charge in [0.1, 0.15) is 13.2 Å². The standard InChI is InChI=1S/C64H104O6/c1-4-7-10-13-16-19-22-25-28-30-32-34-36-39-42-45-48-51-54-57-63(66)69-60-61(59-68-62(65)56-53-50-47-44-41-38-35-27-24-21-18-15-12-9-6-3)70-64(67)58-55-52-49-46-43-40-37-33-31-29-26-23-20-17-14-11-8-5-2/h7,10,16,19,21,23-26,28-29,31-34,37,39,42,48,51,61H,4-6,8-9,11-15,17-18,20,22,27,30,35-36,38,40-41,43-47,49-50,52-60H2,1-3H3/b10-7-,19-16-,24-21-,26-23-,28-25-,31-29-,34-32-,37-33-,42-39-,51-48-. The number of carbonyl (C=O) groups excluding carboxylic acids is 3. The van der Waals surface area contributed by atoms with Gasteiger partial charge in [-0.1, -0.05) is 239 Å². The number of unbranched alkanes of at least 4 members (excludes halogenated alkanes) is 21. The van der Waals surface area contributed by atoms with Crippen LogP contribution in [0.25, 0.3) is 0 Å². The summed E-state index contributed by atoms with van der Waals surface area (Å²) in [6.45, 7) is 6.41. The van der Waals surface area contributed by atoms with Gasteiger partial charge in [-0.15, -0.1) is 0 Å². The topological polar surface area (TPSA) is 78.9 Å². The van der Waals surface area contributed by atoms with E-state index < -0.39 is 6.10 Å². The lowest BCUT2D eigenvalue weighted by Crippen LogP contribution is -2.30. The van der Waals surface area contributed by atoms with Gasteiger partial charge in [-0.25, -0.2) is 0 Å². The average molecular weight is 970 g/mol. The van der Waals surface area contributed by atoms with Crippen LogP contribution in [0.4, 0.5) is 0 Å². The number of allylic oxidation sites excluding steroid dienone is 20. The normalized spacial score (nSPS) is 13.0. The molecule has 0 heterocycles. The third-order valence-electron chi connectivity index (χ3n) is 11.7. The van der Waals surface area contributed by atoms with E-state index in [0.717, 1.165) is 103 Å². The summed E-state index contributed by atoms with van der Waals surface area (Å²) in [5, 5.41) is 0. The highest BCUT2D eigenvalue weighted by molar-refractivity contribution is 5.71. The zero-order chi connectivity index (χ0) is 50.7. The Labute approximate surface area is 431 Å². The van der Waals surface area contributed by atoms with Gasteiger partial charge < -0.3 is 14.2 Å². The summed E-state index contributed by atoms with van der Waals surface area (Å²) in [5.41, 5.74) is 0. The van der Waals surface area contributed by atoms with Crippen LogP contribution in [0, 0.1) is 0 Å². The van der Waals surface area contributed by atoms with E-state index in [1.54, 1.807) is 0 Å². The van der Waals surface area contributed by atoms with Gasteiger partial charge in [0.15, 0.2) is 6.10 Å². The van der Waals surface area contributed by atoms with E-state index in [4.69, 9.17) is 14.2 Å². The maximum Gasteiger partial charge on any atom is 0.306 e. The fourth-order valence-corrected chi connectivity index (χ4v) is 7.46. The Morgan fingerprint density at radius 1 is 0.314 bits per heavy atom. The van der Waals surface area contributed by atoms with Crippen LogP contribution in [0.1, 0.15) is 245 Å². The fourth-order valence-electron chi connectivity index (χ4n) is 7.46. The van der Waals surface area contributed by atoms with E-state index in [2.05, 4.69) is 136 Å². The van der Waals surface area contributed by atoms with Gasteiger partial charge in [0.05, 0.1) is 0 Å². The first kappa shape index (κ1) is 65.8. The maximum atomic E-state index is 12.9. The van der Waals surface area contributed by atoms with E-state index >= 15 is 0 Å². The monoisotopic (exact) mass is 969 g/mol. The minimum Gasteiger partial charge on any atom is -0.462 e. The van der Waals surface area contributed by atoms with Crippen molar-refractivity contribution < 1.29 is 28.6 Å². The molecule has 0 aromatic rings. The Hall–Kier alpha value is -4.19. The van der Waals surface area contributed by atoms with Crippen LogP contribution in [0.3, 0.4) is 0 Å². The fraction of sp³-hybridized carbons (Fsp3) is 0.641. The molecule has 0 aliphatic carbocycles. The van der Waals surface area contributed by atoms with E-state index in [-0.39, 0.29) is 44.0 Å².